The van der Waals surface area contributed by atoms with Gasteiger partial charge in [0, 0.05) is 35.7 Å². The lowest BCUT2D eigenvalue weighted by Gasteiger charge is -2.07. The van der Waals surface area contributed by atoms with E-state index in [1.54, 1.807) is 30.8 Å². The maximum atomic E-state index is 13.5. The molecular weight excluding hydrogens is 373 g/mol. The van der Waals surface area contributed by atoms with Gasteiger partial charge in [0.15, 0.2) is 5.16 Å². The first kappa shape index (κ1) is 20.5. The molecule has 1 heterocycles. The average Bonchev–Trinajstić information content (AvgIpc) is 2.62. The van der Waals surface area contributed by atoms with Crippen LogP contribution in [0.25, 0.3) is 0 Å². The Morgan fingerprint density at radius 2 is 2.12 bits per heavy atom. The number of aromatic amines is 1. The lowest BCUT2D eigenvalue weighted by Crippen LogP contribution is -2.27. The minimum absolute atomic E-state index is 0.107. The van der Waals surface area contributed by atoms with Crippen molar-refractivity contribution in [2.75, 3.05) is 18.6 Å². The molecule has 0 bridgehead atoms. The maximum absolute atomic E-state index is 13.5. The van der Waals surface area contributed by atoms with Gasteiger partial charge in [0.25, 0.3) is 5.56 Å². The van der Waals surface area contributed by atoms with Crippen molar-refractivity contribution in [1.82, 2.24) is 15.3 Å². The molecule has 2 aromatic rings. The molecule has 2 N–H and O–H groups in total. The van der Waals surface area contributed by atoms with Crippen molar-refractivity contribution in [3.63, 3.8) is 0 Å². The Morgan fingerprint density at radius 3 is 2.81 bits per heavy atom. The molecule has 1 aromatic carbocycles. The van der Waals surface area contributed by atoms with Gasteiger partial charge < -0.3 is 10.3 Å². The van der Waals surface area contributed by atoms with Crippen LogP contribution < -0.4 is 10.9 Å². The molecule has 0 saturated carbocycles. The predicted molar refractivity (Wildman–Crippen MR) is 105 cm³/mol. The average molecular weight is 396 g/mol. The predicted octanol–water partition coefficient (Wildman–Crippen LogP) is 2.92. The van der Waals surface area contributed by atoms with E-state index in [9.17, 15) is 14.0 Å². The third-order valence-corrected chi connectivity index (χ3v) is 5.37. The highest BCUT2D eigenvalue weighted by Crippen LogP contribution is 2.14. The van der Waals surface area contributed by atoms with Gasteiger partial charge in [-0.1, -0.05) is 30.0 Å². The van der Waals surface area contributed by atoms with Gasteiger partial charge in [-0.2, -0.15) is 11.8 Å². The number of hydrogen-bond acceptors (Lipinski definition) is 5. The van der Waals surface area contributed by atoms with Crippen LogP contribution in [0, 0.1) is 12.7 Å². The van der Waals surface area contributed by atoms with E-state index in [0.717, 1.165) is 0 Å². The molecule has 0 unspecified atom stereocenters. The second-order valence-corrected chi connectivity index (χ2v) is 7.53. The molecule has 26 heavy (non-hydrogen) atoms. The van der Waals surface area contributed by atoms with Crippen molar-refractivity contribution in [2.45, 2.75) is 30.7 Å². The number of halogens is 1. The first-order chi connectivity index (χ1) is 12.5. The second kappa shape index (κ2) is 10.4. The zero-order chi connectivity index (χ0) is 18.9. The maximum Gasteiger partial charge on any atom is 0.254 e. The zero-order valence-corrected chi connectivity index (χ0v) is 16.4. The summed E-state index contributed by atoms with van der Waals surface area (Å²) in [5, 5.41) is 3.40. The number of H-pyrrole nitrogens is 1. The van der Waals surface area contributed by atoms with Crippen LogP contribution in [-0.2, 0) is 17.0 Å². The molecule has 0 saturated heterocycles. The first-order valence-corrected chi connectivity index (χ1v) is 10.6. The summed E-state index contributed by atoms with van der Waals surface area (Å²) < 4.78 is 13.5. The highest BCUT2D eigenvalue weighted by atomic mass is 32.2. The molecular formula is C18H22FN3O2S2. The van der Waals surface area contributed by atoms with Crippen LogP contribution in [0.2, 0.25) is 0 Å². The Kier molecular flexibility index (Phi) is 8.18. The van der Waals surface area contributed by atoms with Crippen molar-refractivity contribution < 1.29 is 9.18 Å². The molecule has 1 amide bonds. The van der Waals surface area contributed by atoms with E-state index >= 15 is 0 Å². The van der Waals surface area contributed by atoms with E-state index in [4.69, 9.17) is 0 Å². The normalized spacial score (nSPS) is 10.7. The molecule has 2 rings (SSSR count). The number of rotatable bonds is 9. The van der Waals surface area contributed by atoms with E-state index in [2.05, 4.69) is 15.3 Å². The Labute approximate surface area is 160 Å². The highest BCUT2D eigenvalue weighted by Gasteiger charge is 2.10. The number of amides is 1. The lowest BCUT2D eigenvalue weighted by atomic mass is 10.1. The van der Waals surface area contributed by atoms with Gasteiger partial charge in [0.1, 0.15) is 5.82 Å². The Morgan fingerprint density at radius 1 is 1.35 bits per heavy atom. The molecule has 0 aliphatic rings. The third kappa shape index (κ3) is 6.17. The molecule has 0 aliphatic heterocycles. The van der Waals surface area contributed by atoms with Gasteiger partial charge in [-0.25, -0.2) is 9.37 Å². The number of nitrogens with zero attached hydrogens (tertiary/aromatic N) is 1. The van der Waals surface area contributed by atoms with Gasteiger partial charge >= 0.3 is 0 Å². The van der Waals surface area contributed by atoms with Crippen molar-refractivity contribution >= 4 is 29.4 Å². The van der Waals surface area contributed by atoms with E-state index in [0.29, 0.717) is 46.4 Å². The molecule has 8 heteroatoms. The van der Waals surface area contributed by atoms with Gasteiger partial charge in [-0.3, -0.25) is 9.59 Å². The van der Waals surface area contributed by atoms with Crippen molar-refractivity contribution in [2.24, 2.45) is 0 Å². The quantitative estimate of drug-likeness (QED) is 0.388. The summed E-state index contributed by atoms with van der Waals surface area (Å²) >= 11 is 2.94. The molecule has 0 atom stereocenters. The smallest absolute Gasteiger partial charge is 0.254 e. The molecule has 0 fully saturated rings. The van der Waals surface area contributed by atoms with Crippen LogP contribution >= 0.6 is 23.5 Å². The van der Waals surface area contributed by atoms with Gasteiger partial charge in [0.05, 0.1) is 0 Å². The fourth-order valence-corrected chi connectivity index (χ4v) is 3.63. The molecule has 5 nitrogen and oxygen atoms in total. The largest absolute Gasteiger partial charge is 0.355 e. The van der Waals surface area contributed by atoms with Crippen LogP contribution in [0.5, 0.6) is 0 Å². The number of carbonyl (C=O) groups is 1. The summed E-state index contributed by atoms with van der Waals surface area (Å²) in [5.41, 5.74) is 1.69. The van der Waals surface area contributed by atoms with E-state index < -0.39 is 0 Å². The molecule has 0 aliphatic carbocycles. The van der Waals surface area contributed by atoms with Crippen LogP contribution in [0.3, 0.4) is 0 Å². The molecule has 140 valence electrons. The highest BCUT2D eigenvalue weighted by molar-refractivity contribution is 7.98. The fraction of sp³-hybridized carbons (Fsp3) is 0.389. The van der Waals surface area contributed by atoms with Crippen LogP contribution in [0.4, 0.5) is 4.39 Å². The zero-order valence-electron chi connectivity index (χ0n) is 14.8. The van der Waals surface area contributed by atoms with Crippen molar-refractivity contribution in [3.05, 3.63) is 57.3 Å². The van der Waals surface area contributed by atoms with Crippen molar-refractivity contribution in [1.29, 1.82) is 0 Å². The fourth-order valence-electron chi connectivity index (χ4n) is 2.36. The SMILES string of the molecule is CSc1nc(C)c(CCC(=O)NCCSCc2ccccc2F)c(=O)[nH]1. The molecule has 1 aromatic heterocycles. The van der Waals surface area contributed by atoms with Gasteiger partial charge in [0.2, 0.25) is 5.91 Å². The number of aryl methyl sites for hydroxylation is 1. The third-order valence-electron chi connectivity index (χ3n) is 3.78. The Bertz CT molecular complexity index is 811. The van der Waals surface area contributed by atoms with E-state index in [1.807, 2.05) is 12.3 Å². The number of carbonyl (C=O) groups excluding carboxylic acids is 1. The van der Waals surface area contributed by atoms with Crippen molar-refractivity contribution in [3.8, 4) is 0 Å². The molecule has 0 spiro atoms. The van der Waals surface area contributed by atoms with Crippen LogP contribution in [-0.4, -0.2) is 34.4 Å². The summed E-state index contributed by atoms with van der Waals surface area (Å²) in [4.78, 5) is 30.9. The van der Waals surface area contributed by atoms with E-state index in [-0.39, 0.29) is 23.7 Å². The summed E-state index contributed by atoms with van der Waals surface area (Å²) in [6.07, 6.45) is 2.44. The number of nitrogens with one attached hydrogen (secondary N) is 2. The Hall–Kier alpha value is -1.80. The van der Waals surface area contributed by atoms with Gasteiger partial charge in [-0.15, -0.1) is 0 Å². The topological polar surface area (TPSA) is 74.8 Å². The Balaban J connectivity index is 1.70. The van der Waals surface area contributed by atoms with Crippen LogP contribution in [0.15, 0.2) is 34.2 Å². The van der Waals surface area contributed by atoms with Crippen LogP contribution in [0.1, 0.15) is 23.2 Å². The lowest BCUT2D eigenvalue weighted by molar-refractivity contribution is -0.120. The second-order valence-electron chi connectivity index (χ2n) is 5.63. The van der Waals surface area contributed by atoms with E-state index in [1.165, 1.54) is 17.8 Å². The summed E-state index contributed by atoms with van der Waals surface area (Å²) in [7, 11) is 0. The standard InChI is InChI=1S/C18H22FN3O2S2/c1-12-14(17(24)22-18(21-12)25-2)7-8-16(23)20-9-10-26-11-13-5-3-4-6-15(13)19/h3-6H,7-11H2,1-2H3,(H,20,23)(H,21,22,24). The number of benzene rings is 1. The minimum Gasteiger partial charge on any atom is -0.355 e. The number of hydrogen-bond donors (Lipinski definition) is 2. The molecule has 0 radical (unpaired) electrons. The summed E-state index contributed by atoms with van der Waals surface area (Å²) in [6.45, 7) is 2.29. The first-order valence-electron chi connectivity index (χ1n) is 8.23. The summed E-state index contributed by atoms with van der Waals surface area (Å²) in [5.74, 6) is 0.962. The summed E-state index contributed by atoms with van der Waals surface area (Å²) in [6, 6.07) is 6.69. The number of thioether (sulfide) groups is 2. The minimum atomic E-state index is -0.203. The monoisotopic (exact) mass is 395 g/mol. The number of aromatic nitrogens is 2. The van der Waals surface area contributed by atoms with Gasteiger partial charge in [-0.05, 0) is 31.2 Å².